The van der Waals surface area contributed by atoms with Gasteiger partial charge in [0, 0.05) is 48.7 Å². The van der Waals surface area contributed by atoms with Gasteiger partial charge in [0.2, 0.25) is 5.95 Å². The lowest BCUT2D eigenvalue weighted by Crippen LogP contribution is -2.24. The van der Waals surface area contributed by atoms with Gasteiger partial charge >= 0.3 is 0 Å². The van der Waals surface area contributed by atoms with Crippen molar-refractivity contribution in [1.82, 2.24) is 18.9 Å². The highest BCUT2D eigenvalue weighted by molar-refractivity contribution is 6.34. The first-order chi connectivity index (χ1) is 24.1. The summed E-state index contributed by atoms with van der Waals surface area (Å²) >= 11 is 0. The molecule has 228 valence electrons. The van der Waals surface area contributed by atoms with E-state index in [2.05, 4.69) is 156 Å². The van der Waals surface area contributed by atoms with Crippen LogP contribution in [-0.2, 0) is 5.41 Å². The molecule has 0 aliphatic heterocycles. The maximum Gasteiger partial charge on any atom is 0.235 e. The molecule has 4 aromatic heterocycles. The molecule has 0 fully saturated rings. The van der Waals surface area contributed by atoms with Crippen LogP contribution in [0.15, 0.2) is 133 Å². The third-order valence-electron chi connectivity index (χ3n) is 11.4. The van der Waals surface area contributed by atoms with E-state index in [4.69, 9.17) is 9.97 Å². The van der Waals surface area contributed by atoms with E-state index in [0.717, 1.165) is 27.6 Å². The first-order valence-electron chi connectivity index (χ1n) is 17.0. The number of hydrogen-bond acceptors (Lipinski definition) is 2. The zero-order valence-corrected chi connectivity index (χ0v) is 27.0. The van der Waals surface area contributed by atoms with Gasteiger partial charge in [0.1, 0.15) is 0 Å². The second-order valence-electron chi connectivity index (χ2n) is 14.2. The van der Waals surface area contributed by atoms with Crippen LogP contribution in [0.1, 0.15) is 25.0 Å². The number of para-hydroxylation sites is 2. The van der Waals surface area contributed by atoms with E-state index in [1.165, 1.54) is 76.3 Å². The fourth-order valence-corrected chi connectivity index (χ4v) is 9.26. The molecular formula is C45H28N4. The minimum Gasteiger partial charge on any atom is -0.308 e. The molecule has 4 nitrogen and oxygen atoms in total. The number of fused-ring (bicyclic) bond motifs is 13. The molecule has 0 saturated carbocycles. The van der Waals surface area contributed by atoms with Crippen molar-refractivity contribution in [2.24, 2.45) is 0 Å². The van der Waals surface area contributed by atoms with Crippen LogP contribution >= 0.6 is 0 Å². The molecule has 7 aromatic carbocycles. The average Bonchev–Trinajstić information content (AvgIpc) is 3.77. The monoisotopic (exact) mass is 624 g/mol. The topological polar surface area (TPSA) is 35.1 Å². The predicted molar refractivity (Wildman–Crippen MR) is 204 cm³/mol. The van der Waals surface area contributed by atoms with Crippen molar-refractivity contribution in [3.63, 3.8) is 0 Å². The summed E-state index contributed by atoms with van der Waals surface area (Å²) in [6.45, 7) is 4.64. The normalized spacial score (nSPS) is 14.1. The van der Waals surface area contributed by atoms with Crippen LogP contribution in [0.3, 0.4) is 0 Å². The van der Waals surface area contributed by atoms with E-state index in [-0.39, 0.29) is 5.41 Å². The van der Waals surface area contributed by atoms with Crippen molar-refractivity contribution in [1.29, 1.82) is 0 Å². The lowest BCUT2D eigenvalue weighted by Gasteiger charge is -2.34. The molecule has 0 atom stereocenters. The van der Waals surface area contributed by atoms with Crippen molar-refractivity contribution in [2.45, 2.75) is 19.3 Å². The standard InChI is InChI=1S/C45H28N4/c1-45(2)33-17-8-5-15-28(33)41-40-34(45)18-11-19-35(40)46-44(47-41)49-38-23-26-13-4-3-12-25(26)22-30(38)32-24-31-27-14-6-9-20-36(27)48-37-21-10-7-16-29(37)39(42(31)48)43(32)49/h3-24H,1-2H3. The van der Waals surface area contributed by atoms with Gasteiger partial charge in [-0.3, -0.25) is 4.57 Å². The van der Waals surface area contributed by atoms with Crippen molar-refractivity contribution < 1.29 is 0 Å². The fraction of sp³-hybridized carbons (Fsp3) is 0.0667. The Morgan fingerprint density at radius 2 is 1.16 bits per heavy atom. The Labute approximate surface area is 280 Å². The maximum absolute atomic E-state index is 5.58. The molecule has 0 saturated heterocycles. The highest BCUT2D eigenvalue weighted by Crippen LogP contribution is 2.49. The van der Waals surface area contributed by atoms with Crippen LogP contribution in [-0.4, -0.2) is 18.9 Å². The molecule has 4 heterocycles. The third kappa shape index (κ3) is 3.02. The van der Waals surface area contributed by atoms with Gasteiger partial charge in [0.25, 0.3) is 0 Å². The Morgan fingerprint density at radius 1 is 0.490 bits per heavy atom. The van der Waals surface area contributed by atoms with Gasteiger partial charge in [-0.15, -0.1) is 0 Å². The zero-order valence-electron chi connectivity index (χ0n) is 27.0. The molecule has 0 unspecified atom stereocenters. The predicted octanol–water partition coefficient (Wildman–Crippen LogP) is 11.3. The smallest absolute Gasteiger partial charge is 0.235 e. The Morgan fingerprint density at radius 3 is 2.02 bits per heavy atom. The van der Waals surface area contributed by atoms with Gasteiger partial charge in [-0.05, 0) is 58.3 Å². The molecule has 0 amide bonds. The Balaban J connectivity index is 1.35. The zero-order chi connectivity index (χ0) is 32.2. The average molecular weight is 625 g/mol. The van der Waals surface area contributed by atoms with Crippen LogP contribution in [0.4, 0.5) is 0 Å². The highest BCUT2D eigenvalue weighted by atomic mass is 15.2. The van der Waals surface area contributed by atoms with Crippen molar-refractivity contribution >= 4 is 81.6 Å². The van der Waals surface area contributed by atoms with E-state index in [9.17, 15) is 0 Å². The third-order valence-corrected chi connectivity index (χ3v) is 11.4. The molecule has 0 N–H and O–H groups in total. The Bertz CT molecular complexity index is 3250. The SMILES string of the molecule is CC1(C)c2ccccc2-c2nc(-n3c4cc5ccccc5cc4c4cc5c6ccccc6n6c7ccccc7c(c43)c56)nc3cccc1c23. The van der Waals surface area contributed by atoms with Crippen LogP contribution in [0.2, 0.25) is 0 Å². The van der Waals surface area contributed by atoms with E-state index >= 15 is 0 Å². The first kappa shape index (κ1) is 25.8. The summed E-state index contributed by atoms with van der Waals surface area (Å²) in [6, 6.07) is 48.8. The van der Waals surface area contributed by atoms with E-state index in [1.54, 1.807) is 0 Å². The summed E-state index contributed by atoms with van der Waals surface area (Å²) < 4.78 is 4.82. The highest BCUT2D eigenvalue weighted by Gasteiger charge is 2.35. The van der Waals surface area contributed by atoms with Gasteiger partial charge in [0.05, 0.1) is 38.8 Å². The number of hydrogen-bond donors (Lipinski definition) is 0. The summed E-state index contributed by atoms with van der Waals surface area (Å²) in [5.74, 6) is 0.701. The van der Waals surface area contributed by atoms with Crippen molar-refractivity contribution in [2.75, 3.05) is 0 Å². The summed E-state index contributed by atoms with van der Waals surface area (Å²) in [7, 11) is 0. The molecule has 11 aromatic rings. The Kier molecular flexibility index (Phi) is 4.53. The summed E-state index contributed by atoms with van der Waals surface area (Å²) in [6.07, 6.45) is 0. The number of rotatable bonds is 1. The lowest BCUT2D eigenvalue weighted by molar-refractivity contribution is 0.643. The molecule has 4 heteroatoms. The second-order valence-corrected chi connectivity index (χ2v) is 14.2. The summed E-state index contributed by atoms with van der Waals surface area (Å²) in [5, 5.41) is 11.0. The maximum atomic E-state index is 5.58. The molecule has 0 spiro atoms. The van der Waals surface area contributed by atoms with Gasteiger partial charge < -0.3 is 4.40 Å². The van der Waals surface area contributed by atoms with Gasteiger partial charge in [-0.2, -0.15) is 0 Å². The summed E-state index contributed by atoms with van der Waals surface area (Å²) in [5.41, 5.74) is 11.5. The molecular weight excluding hydrogens is 597 g/mol. The van der Waals surface area contributed by atoms with Gasteiger partial charge in [-0.1, -0.05) is 111 Å². The fourth-order valence-electron chi connectivity index (χ4n) is 9.26. The van der Waals surface area contributed by atoms with E-state index in [1.807, 2.05) is 0 Å². The number of benzene rings is 7. The molecule has 0 radical (unpaired) electrons. The number of aromatic nitrogens is 4. The van der Waals surface area contributed by atoms with Gasteiger partial charge in [0.15, 0.2) is 0 Å². The molecule has 1 aliphatic rings. The van der Waals surface area contributed by atoms with Gasteiger partial charge in [-0.25, -0.2) is 9.97 Å². The van der Waals surface area contributed by atoms with Crippen LogP contribution < -0.4 is 0 Å². The molecule has 1 aliphatic carbocycles. The molecule has 12 rings (SSSR count). The number of nitrogens with zero attached hydrogens (tertiary/aromatic N) is 4. The van der Waals surface area contributed by atoms with Crippen molar-refractivity contribution in [3.8, 4) is 17.2 Å². The Hall–Kier alpha value is -6.26. The van der Waals surface area contributed by atoms with E-state index < -0.39 is 0 Å². The van der Waals surface area contributed by atoms with Crippen molar-refractivity contribution in [3.05, 3.63) is 145 Å². The molecule has 49 heavy (non-hydrogen) atoms. The van der Waals surface area contributed by atoms with Crippen LogP contribution in [0.25, 0.3) is 98.8 Å². The minimum atomic E-state index is -0.158. The lowest BCUT2D eigenvalue weighted by atomic mass is 9.70. The first-order valence-corrected chi connectivity index (χ1v) is 17.0. The van der Waals surface area contributed by atoms with E-state index in [0.29, 0.717) is 5.95 Å². The van der Waals surface area contributed by atoms with Crippen LogP contribution in [0, 0.1) is 0 Å². The largest absolute Gasteiger partial charge is 0.308 e. The molecule has 0 bridgehead atoms. The second kappa shape index (κ2) is 8.60. The van der Waals surface area contributed by atoms with Crippen LogP contribution in [0.5, 0.6) is 0 Å². The minimum absolute atomic E-state index is 0.158. The summed E-state index contributed by atoms with van der Waals surface area (Å²) in [4.78, 5) is 11.0. The quantitative estimate of drug-likeness (QED) is 0.182.